The molecule has 0 spiro atoms. The highest BCUT2D eigenvalue weighted by molar-refractivity contribution is 7.00. The Morgan fingerprint density at radius 2 is 1.50 bits per heavy atom. The summed E-state index contributed by atoms with van der Waals surface area (Å²) >= 11 is 0. The molecule has 3 nitrogen and oxygen atoms in total. The molecular formula is C30H30BN3. The van der Waals surface area contributed by atoms with Gasteiger partial charge in [-0.2, -0.15) is 0 Å². The second-order valence-electron chi connectivity index (χ2n) is 10.4. The van der Waals surface area contributed by atoms with Gasteiger partial charge in [0, 0.05) is 51.3 Å². The van der Waals surface area contributed by atoms with E-state index in [2.05, 4.69) is 84.6 Å². The highest BCUT2D eigenvalue weighted by Gasteiger charge is 2.41. The monoisotopic (exact) mass is 445 g/mol. The van der Waals surface area contributed by atoms with Crippen LogP contribution in [0.5, 0.6) is 0 Å². The molecule has 0 radical (unpaired) electrons. The number of nitrogens with zero attached hydrogens (tertiary/aromatic N) is 3. The van der Waals surface area contributed by atoms with E-state index >= 15 is 0 Å². The van der Waals surface area contributed by atoms with Gasteiger partial charge in [-0.05, 0) is 64.1 Å². The van der Waals surface area contributed by atoms with E-state index in [1.54, 1.807) is 6.20 Å². The first-order chi connectivity index (χ1) is 17.1. The van der Waals surface area contributed by atoms with Crippen LogP contribution < -0.4 is 26.2 Å². The summed E-state index contributed by atoms with van der Waals surface area (Å²) in [7, 11) is 4.28. The van der Waals surface area contributed by atoms with E-state index < -0.39 is 11.8 Å². The van der Waals surface area contributed by atoms with E-state index in [9.17, 15) is 0 Å². The number of anilines is 4. The molecule has 2 aliphatic heterocycles. The normalized spacial score (nSPS) is 15.3. The van der Waals surface area contributed by atoms with Crippen molar-refractivity contribution in [2.24, 2.45) is 5.41 Å². The van der Waals surface area contributed by atoms with Crippen LogP contribution in [-0.4, -0.2) is 25.8 Å². The zero-order valence-electron chi connectivity index (χ0n) is 22.4. The Morgan fingerprint density at radius 3 is 2.29 bits per heavy atom. The smallest absolute Gasteiger partial charge is 0.252 e. The highest BCUT2D eigenvalue weighted by Crippen LogP contribution is 2.39. The molecule has 4 heteroatoms. The number of para-hydroxylation sites is 2. The molecule has 0 aliphatic carbocycles. The molecule has 168 valence electrons. The molecule has 1 aromatic heterocycles. The van der Waals surface area contributed by atoms with Crippen molar-refractivity contribution >= 4 is 45.9 Å². The highest BCUT2D eigenvalue weighted by atomic mass is 15.1. The zero-order chi connectivity index (χ0) is 25.4. The molecule has 0 saturated heterocycles. The average Bonchev–Trinajstić information content (AvgIpc) is 2.87. The summed E-state index contributed by atoms with van der Waals surface area (Å²) in [5.74, 6) is 0. The molecule has 3 aromatic carbocycles. The Balaban J connectivity index is 1.60. The van der Waals surface area contributed by atoms with Gasteiger partial charge in [0.15, 0.2) is 0 Å². The first kappa shape index (κ1) is 18.9. The van der Waals surface area contributed by atoms with E-state index in [0.717, 1.165) is 16.9 Å². The van der Waals surface area contributed by atoms with Crippen LogP contribution in [0.2, 0.25) is 0 Å². The van der Waals surface area contributed by atoms with Crippen LogP contribution in [0.4, 0.5) is 22.7 Å². The third-order valence-electron chi connectivity index (χ3n) is 6.95. The topological polar surface area (TPSA) is 19.4 Å². The van der Waals surface area contributed by atoms with E-state index in [0.29, 0.717) is 5.56 Å². The number of rotatable bonds is 2. The Morgan fingerprint density at radius 1 is 0.824 bits per heavy atom. The van der Waals surface area contributed by atoms with Gasteiger partial charge < -0.3 is 9.80 Å². The fourth-order valence-electron chi connectivity index (χ4n) is 5.65. The number of hydrogen-bond acceptors (Lipinski definition) is 3. The standard InChI is InChI=1S/C30H30BN3/c1-30(2,3)19-20-16-17-32-24(18-20)21-10-8-12-23-29(21)34(5)27-15-9-14-26-28(27)31(23)22-11-6-7-13-25(22)33(26)4/h6-18H,19H2,1-5H3/i19D2. The summed E-state index contributed by atoms with van der Waals surface area (Å²) in [6, 6.07) is 25.4. The van der Waals surface area contributed by atoms with Crippen molar-refractivity contribution in [3.8, 4) is 11.3 Å². The first-order valence-corrected chi connectivity index (χ1v) is 11.9. The maximum absolute atomic E-state index is 8.82. The van der Waals surface area contributed by atoms with Gasteiger partial charge in [0.05, 0.1) is 5.69 Å². The quantitative estimate of drug-likeness (QED) is 0.404. The molecule has 3 heterocycles. The minimum absolute atomic E-state index is 0.124. The van der Waals surface area contributed by atoms with Gasteiger partial charge >= 0.3 is 0 Å². The molecule has 0 unspecified atom stereocenters. The minimum Gasteiger partial charge on any atom is -0.345 e. The molecule has 0 amide bonds. The molecule has 4 aromatic rings. The molecule has 2 aliphatic rings. The average molecular weight is 445 g/mol. The summed E-state index contributed by atoms with van der Waals surface area (Å²) in [4.78, 5) is 9.33. The van der Waals surface area contributed by atoms with Crippen LogP contribution in [0.25, 0.3) is 11.3 Å². The van der Waals surface area contributed by atoms with Crippen LogP contribution in [0.15, 0.2) is 79.0 Å². The summed E-state index contributed by atoms with van der Waals surface area (Å²) in [5.41, 5.74) is 10.6. The lowest BCUT2D eigenvalue weighted by molar-refractivity contribution is 0.411. The van der Waals surface area contributed by atoms with E-state index in [4.69, 9.17) is 7.73 Å². The minimum atomic E-state index is -1.49. The summed E-state index contributed by atoms with van der Waals surface area (Å²) in [6.07, 6.45) is 0.257. The SMILES string of the molecule is [2H]C([2H])(c1ccnc(-c2cccc3c2N(C)c2cccc4c2B3c2ccccc2N4C)c1)C(C)(C)C. The van der Waals surface area contributed by atoms with Crippen LogP contribution >= 0.6 is 0 Å². The Labute approximate surface area is 206 Å². The first-order valence-electron chi connectivity index (χ1n) is 12.9. The number of benzene rings is 3. The Kier molecular flexibility index (Phi) is 4.15. The molecule has 0 saturated carbocycles. The predicted octanol–water partition coefficient (Wildman–Crippen LogP) is 5.02. The van der Waals surface area contributed by atoms with Crippen molar-refractivity contribution < 1.29 is 2.74 Å². The van der Waals surface area contributed by atoms with Gasteiger partial charge in [-0.25, -0.2) is 0 Å². The van der Waals surface area contributed by atoms with E-state index in [-0.39, 0.29) is 6.71 Å². The summed E-state index contributed by atoms with van der Waals surface area (Å²) < 4.78 is 17.6. The zero-order valence-corrected chi connectivity index (χ0v) is 20.4. The number of pyridine rings is 1. The van der Waals surface area contributed by atoms with Gasteiger partial charge in [0.2, 0.25) is 0 Å². The maximum atomic E-state index is 8.82. The van der Waals surface area contributed by atoms with Crippen molar-refractivity contribution in [2.45, 2.75) is 27.1 Å². The van der Waals surface area contributed by atoms with Gasteiger partial charge in [-0.1, -0.05) is 63.2 Å². The predicted molar refractivity (Wildman–Crippen MR) is 146 cm³/mol. The van der Waals surface area contributed by atoms with Crippen LogP contribution in [0, 0.1) is 5.41 Å². The lowest BCUT2D eigenvalue weighted by Crippen LogP contribution is -2.61. The fraction of sp³-hybridized carbons (Fsp3) is 0.233. The van der Waals surface area contributed by atoms with E-state index in [1.807, 2.05) is 32.9 Å². The number of hydrogen-bond donors (Lipinski definition) is 0. The van der Waals surface area contributed by atoms with Crippen molar-refractivity contribution in [2.75, 3.05) is 23.9 Å². The van der Waals surface area contributed by atoms with Crippen molar-refractivity contribution in [1.82, 2.24) is 4.98 Å². The van der Waals surface area contributed by atoms with Crippen LogP contribution in [0.1, 0.15) is 29.1 Å². The second kappa shape index (κ2) is 7.49. The largest absolute Gasteiger partial charge is 0.345 e. The lowest BCUT2D eigenvalue weighted by atomic mass is 9.33. The van der Waals surface area contributed by atoms with Gasteiger partial charge in [-0.3, -0.25) is 4.98 Å². The van der Waals surface area contributed by atoms with Gasteiger partial charge in [0.1, 0.15) is 0 Å². The molecule has 6 rings (SSSR count). The lowest BCUT2D eigenvalue weighted by Gasteiger charge is -2.42. The van der Waals surface area contributed by atoms with Crippen molar-refractivity contribution in [3.63, 3.8) is 0 Å². The maximum Gasteiger partial charge on any atom is 0.252 e. The summed E-state index contributed by atoms with van der Waals surface area (Å²) in [6.45, 7) is 5.95. The molecule has 0 fully saturated rings. The number of aromatic nitrogens is 1. The van der Waals surface area contributed by atoms with Crippen molar-refractivity contribution in [3.05, 3.63) is 84.6 Å². The van der Waals surface area contributed by atoms with Crippen LogP contribution in [0.3, 0.4) is 0 Å². The van der Waals surface area contributed by atoms with E-state index in [1.165, 1.54) is 33.5 Å². The molecule has 0 N–H and O–H groups in total. The third-order valence-corrected chi connectivity index (χ3v) is 6.95. The Hall–Kier alpha value is -3.53. The molecule has 0 bridgehead atoms. The number of fused-ring (bicyclic) bond motifs is 4. The van der Waals surface area contributed by atoms with Crippen LogP contribution in [-0.2, 0) is 6.37 Å². The Bertz CT molecular complexity index is 1510. The summed E-state index contributed by atoms with van der Waals surface area (Å²) in [5, 5.41) is 0. The molecular weight excluding hydrogens is 413 g/mol. The molecule has 34 heavy (non-hydrogen) atoms. The third kappa shape index (κ3) is 3.16. The molecule has 0 atom stereocenters. The second-order valence-corrected chi connectivity index (χ2v) is 10.4. The fourth-order valence-corrected chi connectivity index (χ4v) is 5.65. The van der Waals surface area contributed by atoms with Crippen molar-refractivity contribution in [1.29, 1.82) is 0 Å². The van der Waals surface area contributed by atoms with Gasteiger partial charge in [0.25, 0.3) is 6.71 Å². The van der Waals surface area contributed by atoms with Gasteiger partial charge in [-0.15, -0.1) is 0 Å².